The van der Waals surface area contributed by atoms with Crippen molar-refractivity contribution >= 4 is 18.0 Å². The molecule has 0 aliphatic heterocycles. The number of hydrazine groups is 2. The van der Waals surface area contributed by atoms with Gasteiger partial charge >= 0.3 is 12.1 Å². The van der Waals surface area contributed by atoms with Gasteiger partial charge in [-0.1, -0.05) is 0 Å². The van der Waals surface area contributed by atoms with E-state index in [2.05, 4.69) is 0 Å². The summed E-state index contributed by atoms with van der Waals surface area (Å²) >= 11 is 0. The second-order valence-electron chi connectivity index (χ2n) is 4.02. The number of primary amides is 2. The van der Waals surface area contributed by atoms with Gasteiger partial charge < -0.3 is 17.2 Å². The molecule has 1 atom stereocenters. The van der Waals surface area contributed by atoms with Gasteiger partial charge in [0.2, 0.25) is 5.91 Å². The first kappa shape index (κ1) is 16.1. The molecule has 0 aromatic carbocycles. The van der Waals surface area contributed by atoms with Crippen LogP contribution in [-0.2, 0) is 4.79 Å². The first-order valence-electron chi connectivity index (χ1n) is 5.10. The Bertz CT molecular complexity index is 344. The first-order chi connectivity index (χ1) is 8.09. The molecule has 10 N–H and O–H groups in total. The maximum Gasteiger partial charge on any atom is 0.336 e. The van der Waals surface area contributed by atoms with Crippen molar-refractivity contribution in [2.24, 2.45) is 28.9 Å². The number of carbonyl (C=O) groups excluding carboxylic acids is 3. The molecule has 0 radical (unpaired) electrons. The summed E-state index contributed by atoms with van der Waals surface area (Å²) in [5.74, 6) is 9.79. The number of rotatable bonds is 5. The molecule has 0 aliphatic rings. The summed E-state index contributed by atoms with van der Waals surface area (Å²) in [6.07, 6.45) is 0.400. The van der Waals surface area contributed by atoms with Gasteiger partial charge in [-0.15, -0.1) is 0 Å². The zero-order valence-electron chi connectivity index (χ0n) is 10.1. The maximum atomic E-state index is 11.3. The number of hydrogen-bond acceptors (Lipinski definition) is 6. The average Bonchev–Trinajstić information content (AvgIpc) is 2.26. The van der Waals surface area contributed by atoms with Gasteiger partial charge in [0, 0.05) is 6.42 Å². The molecule has 104 valence electrons. The van der Waals surface area contributed by atoms with Gasteiger partial charge in [-0.05, 0) is 19.8 Å². The lowest BCUT2D eigenvalue weighted by molar-refractivity contribution is -0.128. The lowest BCUT2D eigenvalue weighted by Crippen LogP contribution is -2.61. The number of amides is 5. The summed E-state index contributed by atoms with van der Waals surface area (Å²) in [5.41, 5.74) is 14.3. The summed E-state index contributed by atoms with van der Waals surface area (Å²) in [4.78, 5) is 32.7. The number of hydrogen-bond donors (Lipinski definition) is 5. The molecule has 0 saturated heterocycles. The zero-order valence-corrected chi connectivity index (χ0v) is 10.1. The number of nitrogens with two attached hydrogens (primary N) is 5. The minimum Gasteiger partial charge on any atom is -0.350 e. The Labute approximate surface area is 104 Å². The van der Waals surface area contributed by atoms with Gasteiger partial charge in [-0.2, -0.15) is 5.01 Å². The van der Waals surface area contributed by atoms with Crippen LogP contribution < -0.4 is 28.9 Å². The van der Waals surface area contributed by atoms with Crippen LogP contribution in [0.3, 0.4) is 0 Å². The average molecular weight is 261 g/mol. The van der Waals surface area contributed by atoms with Crippen molar-refractivity contribution in [1.29, 1.82) is 0 Å². The Morgan fingerprint density at radius 1 is 1.11 bits per heavy atom. The van der Waals surface area contributed by atoms with E-state index >= 15 is 0 Å². The minimum atomic E-state index is -1.20. The van der Waals surface area contributed by atoms with E-state index in [9.17, 15) is 14.4 Å². The van der Waals surface area contributed by atoms with Crippen LogP contribution in [0.2, 0.25) is 0 Å². The molecule has 0 spiro atoms. The summed E-state index contributed by atoms with van der Waals surface area (Å²) in [7, 11) is 0. The van der Waals surface area contributed by atoms with Crippen LogP contribution >= 0.6 is 0 Å². The molecular formula is C8H19N7O3. The molecule has 0 rings (SSSR count). The third-order valence-electron chi connectivity index (χ3n) is 2.37. The quantitative estimate of drug-likeness (QED) is 0.162. The zero-order chi connectivity index (χ0) is 14.5. The fraction of sp³-hybridized carbons (Fsp3) is 0.625. The highest BCUT2D eigenvalue weighted by atomic mass is 16.2. The van der Waals surface area contributed by atoms with Crippen molar-refractivity contribution in [1.82, 2.24) is 10.0 Å². The van der Waals surface area contributed by atoms with Crippen LogP contribution in [0.1, 0.15) is 26.2 Å². The summed E-state index contributed by atoms with van der Waals surface area (Å²) in [5, 5.41) is 0.980. The third kappa shape index (κ3) is 4.53. The van der Waals surface area contributed by atoms with Crippen LogP contribution in [0.5, 0.6) is 0 Å². The first-order valence-corrected chi connectivity index (χ1v) is 5.10. The molecule has 10 heteroatoms. The third-order valence-corrected chi connectivity index (χ3v) is 2.37. The summed E-state index contributed by atoms with van der Waals surface area (Å²) < 4.78 is 0. The van der Waals surface area contributed by atoms with Crippen LogP contribution in [-0.4, -0.2) is 33.7 Å². The largest absolute Gasteiger partial charge is 0.350 e. The van der Waals surface area contributed by atoms with Crippen molar-refractivity contribution in [3.8, 4) is 0 Å². The van der Waals surface area contributed by atoms with Gasteiger partial charge in [0.15, 0.2) is 0 Å². The molecule has 18 heavy (non-hydrogen) atoms. The minimum absolute atomic E-state index is 0.0567. The van der Waals surface area contributed by atoms with E-state index in [-0.39, 0.29) is 19.3 Å². The van der Waals surface area contributed by atoms with Gasteiger partial charge in [0.05, 0.1) is 0 Å². The smallest absolute Gasteiger partial charge is 0.336 e. The van der Waals surface area contributed by atoms with Gasteiger partial charge in [-0.3, -0.25) is 4.79 Å². The maximum absolute atomic E-state index is 11.3. The van der Waals surface area contributed by atoms with Crippen molar-refractivity contribution in [3.63, 3.8) is 0 Å². The van der Waals surface area contributed by atoms with E-state index in [1.807, 2.05) is 0 Å². The number of carbonyl (C=O) groups is 3. The molecule has 0 aliphatic carbocycles. The fourth-order valence-electron chi connectivity index (χ4n) is 1.21. The Balaban J connectivity index is 4.23. The van der Waals surface area contributed by atoms with Crippen LogP contribution in [0, 0.1) is 0 Å². The standard InChI is InChI=1S/C8H19N7O3/c1-8(11,15(13)7(10)18)4-2-3-5(16)14(12)6(9)17/h2-4,11-13H2,1H3,(H2,9,17)(H2,10,18)/t8-/m0/s1. The summed E-state index contributed by atoms with van der Waals surface area (Å²) in [6, 6.07) is -1.93. The van der Waals surface area contributed by atoms with Crippen LogP contribution in [0.4, 0.5) is 9.59 Å². The Kier molecular flexibility index (Phi) is 5.49. The van der Waals surface area contributed by atoms with E-state index in [0.29, 0.717) is 10.0 Å². The number of imide groups is 1. The predicted molar refractivity (Wildman–Crippen MR) is 62.7 cm³/mol. The molecular weight excluding hydrogens is 242 g/mol. The molecule has 5 amide bonds. The molecule has 0 saturated carbocycles. The number of urea groups is 2. The fourth-order valence-corrected chi connectivity index (χ4v) is 1.21. The summed E-state index contributed by atoms with van der Waals surface area (Å²) in [6.45, 7) is 1.48. The van der Waals surface area contributed by atoms with E-state index in [4.69, 9.17) is 28.9 Å². The topological polar surface area (TPSA) is 188 Å². The second-order valence-corrected chi connectivity index (χ2v) is 4.02. The van der Waals surface area contributed by atoms with E-state index in [0.717, 1.165) is 0 Å². The molecule has 0 bridgehead atoms. The molecule has 10 nitrogen and oxygen atoms in total. The molecule has 0 aromatic heterocycles. The SMILES string of the molecule is C[C@@](N)(CCCC(=O)N(N)C(N)=O)N(N)C(N)=O. The lowest BCUT2D eigenvalue weighted by atomic mass is 10.0. The Morgan fingerprint density at radius 3 is 2.00 bits per heavy atom. The second kappa shape index (κ2) is 6.14. The van der Waals surface area contributed by atoms with E-state index < -0.39 is 23.6 Å². The Hall–Kier alpha value is -1.91. The molecule has 0 fully saturated rings. The van der Waals surface area contributed by atoms with Gasteiger partial charge in [-0.25, -0.2) is 26.3 Å². The van der Waals surface area contributed by atoms with Crippen molar-refractivity contribution < 1.29 is 14.4 Å². The van der Waals surface area contributed by atoms with Crippen molar-refractivity contribution in [2.75, 3.05) is 0 Å². The van der Waals surface area contributed by atoms with Crippen molar-refractivity contribution in [3.05, 3.63) is 0 Å². The number of nitrogens with zero attached hydrogens (tertiary/aromatic N) is 2. The monoisotopic (exact) mass is 261 g/mol. The van der Waals surface area contributed by atoms with Gasteiger partial charge in [0.1, 0.15) is 5.66 Å². The highest BCUT2D eigenvalue weighted by Gasteiger charge is 2.28. The molecule has 0 unspecified atom stereocenters. The normalized spacial score (nSPS) is 13.6. The van der Waals surface area contributed by atoms with Gasteiger partial charge in [0.25, 0.3) is 0 Å². The van der Waals surface area contributed by atoms with Crippen molar-refractivity contribution in [2.45, 2.75) is 31.8 Å². The molecule has 0 aromatic rings. The van der Waals surface area contributed by atoms with Crippen LogP contribution in [0.15, 0.2) is 0 Å². The Morgan fingerprint density at radius 2 is 1.61 bits per heavy atom. The van der Waals surface area contributed by atoms with E-state index in [1.54, 1.807) is 0 Å². The van der Waals surface area contributed by atoms with Crippen LogP contribution in [0.25, 0.3) is 0 Å². The van der Waals surface area contributed by atoms with E-state index in [1.165, 1.54) is 6.92 Å². The highest BCUT2D eigenvalue weighted by molar-refractivity contribution is 5.92. The lowest BCUT2D eigenvalue weighted by Gasteiger charge is -2.33. The molecule has 0 heterocycles. The highest BCUT2D eigenvalue weighted by Crippen LogP contribution is 2.13. The predicted octanol–water partition coefficient (Wildman–Crippen LogP) is -2.13.